The van der Waals surface area contributed by atoms with Crippen LogP contribution in [0.4, 0.5) is 4.39 Å². The van der Waals surface area contributed by atoms with E-state index in [0.717, 1.165) is 11.3 Å². The summed E-state index contributed by atoms with van der Waals surface area (Å²) in [4.78, 5) is 30.1. The number of carbonyl (C=O) groups excluding carboxylic acids is 2. The largest absolute Gasteiger partial charge is 0.382 e. The van der Waals surface area contributed by atoms with Crippen molar-refractivity contribution in [2.45, 2.75) is 32.9 Å². The number of benzene rings is 2. The summed E-state index contributed by atoms with van der Waals surface area (Å²) in [6.07, 6.45) is 2.69. The van der Waals surface area contributed by atoms with Crippen molar-refractivity contribution in [3.05, 3.63) is 95.6 Å². The molecule has 0 atom stereocenters. The fraction of sp³-hybridized carbons (Fsp3) is 0.357. The van der Waals surface area contributed by atoms with Crippen LogP contribution in [0.15, 0.2) is 72.9 Å². The number of carbonyl (C=O) groups is 2. The van der Waals surface area contributed by atoms with Gasteiger partial charge in [-0.05, 0) is 48.7 Å². The Morgan fingerprint density at radius 2 is 1.63 bits per heavy atom. The van der Waals surface area contributed by atoms with Crippen LogP contribution in [0.5, 0.6) is 0 Å². The van der Waals surface area contributed by atoms with Gasteiger partial charge in [0, 0.05) is 45.2 Å². The highest BCUT2D eigenvalue weighted by molar-refractivity contribution is 5.86. The third-order valence-corrected chi connectivity index (χ3v) is 5.84. The van der Waals surface area contributed by atoms with Crippen LogP contribution in [-0.2, 0) is 40.9 Å². The van der Waals surface area contributed by atoms with Gasteiger partial charge in [-0.2, -0.15) is 0 Å². The molecule has 0 fully saturated rings. The maximum absolute atomic E-state index is 13.5. The second kappa shape index (κ2) is 13.4. The first-order valence-electron chi connectivity index (χ1n) is 12.0. The Morgan fingerprint density at radius 3 is 2.29 bits per heavy atom. The third-order valence-electron chi connectivity index (χ3n) is 5.84. The van der Waals surface area contributed by atoms with Gasteiger partial charge >= 0.3 is 0 Å². The lowest BCUT2D eigenvalue weighted by atomic mass is 10.1. The Balaban J connectivity index is 1.75. The fourth-order valence-electron chi connectivity index (χ4n) is 3.84. The molecule has 0 saturated heterocycles. The molecule has 3 aromatic rings. The van der Waals surface area contributed by atoms with Gasteiger partial charge in [-0.15, -0.1) is 0 Å². The van der Waals surface area contributed by atoms with Crippen molar-refractivity contribution in [1.29, 1.82) is 0 Å². The predicted molar refractivity (Wildman–Crippen MR) is 134 cm³/mol. The number of amides is 2. The molecule has 7 heteroatoms. The van der Waals surface area contributed by atoms with E-state index >= 15 is 0 Å². The number of hydrogen-bond acceptors (Lipinski definition) is 3. The smallest absolute Gasteiger partial charge is 0.242 e. The van der Waals surface area contributed by atoms with Crippen LogP contribution < -0.4 is 0 Å². The zero-order valence-corrected chi connectivity index (χ0v) is 20.5. The van der Waals surface area contributed by atoms with Crippen LogP contribution in [0.2, 0.25) is 0 Å². The first kappa shape index (κ1) is 26.2. The Labute approximate surface area is 206 Å². The highest BCUT2D eigenvalue weighted by atomic mass is 19.1. The summed E-state index contributed by atoms with van der Waals surface area (Å²) in [6, 6.07) is 19.7. The van der Waals surface area contributed by atoms with E-state index in [1.54, 1.807) is 21.9 Å². The fourth-order valence-corrected chi connectivity index (χ4v) is 3.84. The van der Waals surface area contributed by atoms with Crippen molar-refractivity contribution < 1.29 is 18.7 Å². The van der Waals surface area contributed by atoms with Gasteiger partial charge in [-0.25, -0.2) is 4.39 Å². The second-order valence-electron chi connectivity index (χ2n) is 8.51. The zero-order valence-electron chi connectivity index (χ0n) is 20.5. The number of halogens is 1. The number of hydrogen-bond donors (Lipinski definition) is 0. The molecular formula is C28H34FN3O3. The standard InChI is InChI=1S/C28H34FN3O3/c1-3-35-18-8-17-31(27(33)19-23-12-14-25(29)15-13-23)22-28(34)32(20-24-9-5-4-6-10-24)21-26-11-7-16-30(26)2/h4-7,9-16H,3,8,17-22H2,1-2H3. The van der Waals surface area contributed by atoms with Crippen LogP contribution in [0.1, 0.15) is 30.2 Å². The van der Waals surface area contributed by atoms with Crippen molar-refractivity contribution in [2.24, 2.45) is 7.05 Å². The highest BCUT2D eigenvalue weighted by Gasteiger charge is 2.22. The Hall–Kier alpha value is -3.45. The minimum Gasteiger partial charge on any atom is -0.382 e. The van der Waals surface area contributed by atoms with Crippen LogP contribution in [0.3, 0.4) is 0 Å². The van der Waals surface area contributed by atoms with Gasteiger partial charge in [0.05, 0.1) is 19.5 Å². The number of aryl methyl sites for hydroxylation is 1. The summed E-state index contributed by atoms with van der Waals surface area (Å²) in [5.74, 6) is -0.638. The molecule has 0 radical (unpaired) electrons. The average Bonchev–Trinajstić information content (AvgIpc) is 3.26. The summed E-state index contributed by atoms with van der Waals surface area (Å²) < 4.78 is 20.7. The van der Waals surface area contributed by atoms with E-state index in [2.05, 4.69) is 0 Å². The number of ether oxygens (including phenoxy) is 1. The SMILES string of the molecule is CCOCCCN(CC(=O)N(Cc1ccccc1)Cc1cccn1C)C(=O)Cc1ccc(F)cc1. The van der Waals surface area contributed by atoms with Crippen molar-refractivity contribution in [3.8, 4) is 0 Å². The quantitative estimate of drug-likeness (QED) is 0.346. The van der Waals surface area contributed by atoms with Crippen molar-refractivity contribution in [3.63, 3.8) is 0 Å². The predicted octanol–water partition coefficient (Wildman–Crippen LogP) is 4.19. The maximum Gasteiger partial charge on any atom is 0.242 e. The lowest BCUT2D eigenvalue weighted by Crippen LogP contribution is -2.43. The van der Waals surface area contributed by atoms with E-state index < -0.39 is 0 Å². The van der Waals surface area contributed by atoms with Gasteiger partial charge < -0.3 is 19.1 Å². The summed E-state index contributed by atoms with van der Waals surface area (Å²) in [6.45, 7) is 4.32. The molecule has 186 valence electrons. The first-order chi connectivity index (χ1) is 17.0. The lowest BCUT2D eigenvalue weighted by Gasteiger charge is -2.28. The van der Waals surface area contributed by atoms with Crippen molar-refractivity contribution >= 4 is 11.8 Å². The van der Waals surface area contributed by atoms with E-state index in [0.29, 0.717) is 44.8 Å². The van der Waals surface area contributed by atoms with E-state index in [1.165, 1.54) is 12.1 Å². The molecule has 0 saturated carbocycles. The monoisotopic (exact) mass is 479 g/mol. The van der Waals surface area contributed by atoms with Gasteiger partial charge in [0.2, 0.25) is 11.8 Å². The maximum atomic E-state index is 13.5. The Bertz CT molecular complexity index is 1070. The number of rotatable bonds is 13. The highest BCUT2D eigenvalue weighted by Crippen LogP contribution is 2.13. The van der Waals surface area contributed by atoms with Gasteiger partial charge in [-0.3, -0.25) is 9.59 Å². The average molecular weight is 480 g/mol. The summed E-state index contributed by atoms with van der Waals surface area (Å²) in [5, 5.41) is 0. The Morgan fingerprint density at radius 1 is 0.886 bits per heavy atom. The second-order valence-corrected chi connectivity index (χ2v) is 8.51. The van der Waals surface area contributed by atoms with E-state index in [1.807, 2.05) is 67.2 Å². The van der Waals surface area contributed by atoms with Crippen LogP contribution in [0, 0.1) is 5.82 Å². The van der Waals surface area contributed by atoms with Gasteiger partial charge in [-0.1, -0.05) is 42.5 Å². The molecule has 35 heavy (non-hydrogen) atoms. The number of aromatic nitrogens is 1. The molecule has 2 amide bonds. The van der Waals surface area contributed by atoms with E-state index in [-0.39, 0.29) is 30.6 Å². The van der Waals surface area contributed by atoms with Gasteiger partial charge in [0.25, 0.3) is 0 Å². The van der Waals surface area contributed by atoms with Crippen LogP contribution in [0.25, 0.3) is 0 Å². The van der Waals surface area contributed by atoms with Gasteiger partial charge in [0.1, 0.15) is 5.82 Å². The summed E-state index contributed by atoms with van der Waals surface area (Å²) in [7, 11) is 1.95. The topological polar surface area (TPSA) is 54.8 Å². The van der Waals surface area contributed by atoms with Gasteiger partial charge in [0.15, 0.2) is 0 Å². The third kappa shape index (κ3) is 8.37. The molecule has 3 rings (SSSR count). The molecule has 0 aliphatic heterocycles. The molecule has 6 nitrogen and oxygen atoms in total. The molecular weight excluding hydrogens is 445 g/mol. The van der Waals surface area contributed by atoms with Crippen molar-refractivity contribution in [2.75, 3.05) is 26.3 Å². The molecule has 1 heterocycles. The van der Waals surface area contributed by atoms with E-state index in [9.17, 15) is 14.0 Å². The summed E-state index contributed by atoms with van der Waals surface area (Å²) in [5.41, 5.74) is 2.74. The van der Waals surface area contributed by atoms with Crippen molar-refractivity contribution in [1.82, 2.24) is 14.4 Å². The molecule has 0 aliphatic carbocycles. The number of nitrogens with zero attached hydrogens (tertiary/aromatic N) is 3. The van der Waals surface area contributed by atoms with Crippen LogP contribution in [-0.4, -0.2) is 52.5 Å². The molecule has 2 aromatic carbocycles. The van der Waals surface area contributed by atoms with E-state index in [4.69, 9.17) is 4.74 Å². The molecule has 0 bridgehead atoms. The first-order valence-corrected chi connectivity index (χ1v) is 12.0. The molecule has 1 aromatic heterocycles. The Kier molecular flexibility index (Phi) is 10.0. The minimum absolute atomic E-state index is 0.0244. The zero-order chi connectivity index (χ0) is 25.0. The molecule has 0 aliphatic rings. The molecule has 0 unspecified atom stereocenters. The lowest BCUT2D eigenvalue weighted by molar-refractivity contribution is -0.141. The molecule has 0 N–H and O–H groups in total. The van der Waals surface area contributed by atoms with Crippen LogP contribution >= 0.6 is 0 Å². The summed E-state index contributed by atoms with van der Waals surface area (Å²) >= 11 is 0. The minimum atomic E-state index is -0.345. The molecule has 0 spiro atoms. The normalized spacial score (nSPS) is 10.8.